The molecule has 0 saturated carbocycles. The summed E-state index contributed by atoms with van der Waals surface area (Å²) in [5, 5.41) is 3.11. The number of likely N-dealkylation sites (tertiary alicyclic amines) is 1. The van der Waals surface area contributed by atoms with E-state index in [1.807, 2.05) is 11.6 Å². The predicted octanol–water partition coefficient (Wildman–Crippen LogP) is 2.71. The van der Waals surface area contributed by atoms with E-state index in [1.165, 1.54) is 0 Å². The highest BCUT2D eigenvalue weighted by Crippen LogP contribution is 2.29. The molecule has 2 heterocycles. The third kappa shape index (κ3) is 4.02. The van der Waals surface area contributed by atoms with Crippen LogP contribution in [0.3, 0.4) is 0 Å². The number of hydrogen-bond donors (Lipinski definition) is 0. The van der Waals surface area contributed by atoms with Crippen LogP contribution in [0.15, 0.2) is 46.8 Å². The number of thiazole rings is 1. The average Bonchev–Trinajstić information content (AvgIpc) is 3.15. The number of aromatic nitrogens is 1. The summed E-state index contributed by atoms with van der Waals surface area (Å²) in [4.78, 5) is 18.7. The van der Waals surface area contributed by atoms with E-state index in [0.29, 0.717) is 19.0 Å². The monoisotopic (exact) mass is 364 g/mol. The molecule has 1 aromatic carbocycles. The smallest absolute Gasteiger partial charge is 0.223 e. The van der Waals surface area contributed by atoms with Gasteiger partial charge in [0.1, 0.15) is 0 Å². The fraction of sp³-hybridized carbons (Fsp3) is 0.412. The van der Waals surface area contributed by atoms with Crippen molar-refractivity contribution in [2.24, 2.45) is 0 Å². The Balaban J connectivity index is 1.51. The molecule has 128 valence electrons. The van der Waals surface area contributed by atoms with Gasteiger partial charge in [0.25, 0.3) is 0 Å². The van der Waals surface area contributed by atoms with Crippen LogP contribution in [-0.4, -0.2) is 43.1 Å². The summed E-state index contributed by atoms with van der Waals surface area (Å²) in [5.74, 6) is 0.205. The first-order valence-corrected chi connectivity index (χ1v) is 10.5. The van der Waals surface area contributed by atoms with E-state index in [1.54, 1.807) is 46.6 Å². The van der Waals surface area contributed by atoms with Gasteiger partial charge in [0.05, 0.1) is 15.7 Å². The van der Waals surface area contributed by atoms with Gasteiger partial charge in [-0.1, -0.05) is 18.2 Å². The van der Waals surface area contributed by atoms with Crippen molar-refractivity contribution >= 4 is 27.1 Å². The fourth-order valence-electron chi connectivity index (χ4n) is 2.94. The normalized spacial score (nSPS) is 16.2. The third-order valence-electron chi connectivity index (χ3n) is 4.34. The van der Waals surface area contributed by atoms with Crippen molar-refractivity contribution in [1.82, 2.24) is 9.88 Å². The summed E-state index contributed by atoms with van der Waals surface area (Å²) in [7, 11) is -3.40. The molecule has 0 unspecified atom stereocenters. The van der Waals surface area contributed by atoms with E-state index >= 15 is 0 Å². The zero-order valence-electron chi connectivity index (χ0n) is 13.3. The molecule has 0 atom stereocenters. The Kier molecular flexibility index (Phi) is 5.30. The molecule has 24 heavy (non-hydrogen) atoms. The van der Waals surface area contributed by atoms with Gasteiger partial charge in [0.2, 0.25) is 5.91 Å². The molecule has 0 aliphatic carbocycles. The van der Waals surface area contributed by atoms with Gasteiger partial charge in [-0.2, -0.15) is 0 Å². The molecule has 0 N–H and O–H groups in total. The molecule has 1 amide bonds. The summed E-state index contributed by atoms with van der Waals surface area (Å²) in [6.45, 7) is 1.35. The lowest BCUT2D eigenvalue weighted by molar-refractivity contribution is -0.131. The first kappa shape index (κ1) is 17.1. The first-order chi connectivity index (χ1) is 11.6. The maximum absolute atomic E-state index is 12.3. The summed E-state index contributed by atoms with van der Waals surface area (Å²) in [6.07, 6.45) is 3.64. The molecular formula is C17H20N2O3S2. The van der Waals surface area contributed by atoms with E-state index in [0.717, 1.165) is 17.8 Å². The molecule has 3 rings (SSSR count). The van der Waals surface area contributed by atoms with Gasteiger partial charge in [0, 0.05) is 37.0 Å². The summed E-state index contributed by atoms with van der Waals surface area (Å²) >= 11 is 1.66. The minimum absolute atomic E-state index is 0.0408. The summed E-state index contributed by atoms with van der Waals surface area (Å²) in [6, 6.07) is 8.30. The Hall–Kier alpha value is -1.73. The molecule has 1 aliphatic rings. The highest BCUT2D eigenvalue weighted by Gasteiger charge is 2.26. The van der Waals surface area contributed by atoms with E-state index < -0.39 is 9.84 Å². The van der Waals surface area contributed by atoms with E-state index in [9.17, 15) is 13.2 Å². The lowest BCUT2D eigenvalue weighted by Crippen LogP contribution is -2.38. The van der Waals surface area contributed by atoms with Gasteiger partial charge in [-0.3, -0.25) is 4.79 Å². The van der Waals surface area contributed by atoms with Gasteiger partial charge in [-0.25, -0.2) is 13.4 Å². The number of piperidine rings is 1. The number of sulfone groups is 1. The number of carbonyl (C=O) groups is 1. The Morgan fingerprint density at radius 1 is 1.21 bits per heavy atom. The van der Waals surface area contributed by atoms with Crippen LogP contribution >= 0.6 is 11.3 Å². The zero-order chi connectivity index (χ0) is 17.0. The van der Waals surface area contributed by atoms with E-state index in [4.69, 9.17) is 0 Å². The number of carbonyl (C=O) groups excluding carboxylic acids is 1. The van der Waals surface area contributed by atoms with Gasteiger partial charge in [-0.15, -0.1) is 11.3 Å². The quantitative estimate of drug-likeness (QED) is 0.818. The van der Waals surface area contributed by atoms with Crippen molar-refractivity contribution in [2.45, 2.75) is 30.1 Å². The molecule has 2 aromatic rings. The number of hydrogen-bond acceptors (Lipinski definition) is 5. The zero-order valence-corrected chi connectivity index (χ0v) is 14.9. The second kappa shape index (κ2) is 7.44. The molecular weight excluding hydrogens is 344 g/mol. The molecule has 0 bridgehead atoms. The van der Waals surface area contributed by atoms with Gasteiger partial charge in [0.15, 0.2) is 9.84 Å². The van der Waals surface area contributed by atoms with Crippen LogP contribution in [0.25, 0.3) is 0 Å². The standard InChI is InChI=1S/C17H20N2O3S2/c20-16(8-13-24(21,22)15-4-2-1-3-5-15)19-10-6-14(7-11-19)17-18-9-12-23-17/h1-5,9,12,14H,6-8,10-11,13H2. The van der Waals surface area contributed by atoms with Gasteiger partial charge < -0.3 is 4.90 Å². The van der Waals surface area contributed by atoms with E-state index in [2.05, 4.69) is 4.98 Å². The Bertz CT molecular complexity index is 765. The fourth-order valence-corrected chi connectivity index (χ4v) is 5.00. The number of rotatable bonds is 5. The molecule has 1 fully saturated rings. The Morgan fingerprint density at radius 3 is 2.54 bits per heavy atom. The summed E-state index contributed by atoms with van der Waals surface area (Å²) < 4.78 is 24.5. The van der Waals surface area contributed by atoms with Crippen LogP contribution in [0.4, 0.5) is 0 Å². The SMILES string of the molecule is O=C(CCS(=O)(=O)c1ccccc1)N1CCC(c2nccs2)CC1. The molecule has 1 aromatic heterocycles. The minimum Gasteiger partial charge on any atom is -0.343 e. The van der Waals surface area contributed by atoms with Crippen molar-refractivity contribution in [2.75, 3.05) is 18.8 Å². The molecule has 0 radical (unpaired) electrons. The van der Waals surface area contributed by atoms with Crippen molar-refractivity contribution < 1.29 is 13.2 Å². The average molecular weight is 364 g/mol. The number of nitrogens with zero attached hydrogens (tertiary/aromatic N) is 2. The molecule has 5 nitrogen and oxygen atoms in total. The van der Waals surface area contributed by atoms with Gasteiger partial charge >= 0.3 is 0 Å². The van der Waals surface area contributed by atoms with Crippen molar-refractivity contribution in [3.8, 4) is 0 Å². The molecule has 1 aliphatic heterocycles. The Labute approximate surface area is 146 Å². The third-order valence-corrected chi connectivity index (χ3v) is 7.01. The van der Waals surface area contributed by atoms with Crippen molar-refractivity contribution in [3.05, 3.63) is 46.9 Å². The summed E-state index contributed by atoms with van der Waals surface area (Å²) in [5.41, 5.74) is 0. The Morgan fingerprint density at radius 2 is 1.92 bits per heavy atom. The van der Waals surface area contributed by atoms with Gasteiger partial charge in [-0.05, 0) is 25.0 Å². The highest BCUT2D eigenvalue weighted by atomic mass is 32.2. The lowest BCUT2D eigenvalue weighted by Gasteiger charge is -2.31. The predicted molar refractivity (Wildman–Crippen MR) is 93.8 cm³/mol. The second-order valence-electron chi connectivity index (χ2n) is 5.91. The van der Waals surface area contributed by atoms with Crippen molar-refractivity contribution in [3.63, 3.8) is 0 Å². The van der Waals surface area contributed by atoms with Crippen LogP contribution in [0.5, 0.6) is 0 Å². The largest absolute Gasteiger partial charge is 0.343 e. The van der Waals surface area contributed by atoms with Crippen LogP contribution in [0.1, 0.15) is 30.2 Å². The second-order valence-corrected chi connectivity index (χ2v) is 8.94. The minimum atomic E-state index is -3.40. The maximum atomic E-state index is 12.3. The van der Waals surface area contributed by atoms with Crippen LogP contribution in [0.2, 0.25) is 0 Å². The van der Waals surface area contributed by atoms with Crippen LogP contribution < -0.4 is 0 Å². The van der Waals surface area contributed by atoms with E-state index in [-0.39, 0.29) is 23.0 Å². The first-order valence-electron chi connectivity index (χ1n) is 8.01. The number of amides is 1. The van der Waals surface area contributed by atoms with Crippen LogP contribution in [0, 0.1) is 0 Å². The molecule has 1 saturated heterocycles. The molecule has 7 heteroatoms. The number of benzene rings is 1. The molecule has 0 spiro atoms. The lowest BCUT2D eigenvalue weighted by atomic mass is 9.97. The van der Waals surface area contributed by atoms with Crippen molar-refractivity contribution in [1.29, 1.82) is 0 Å². The maximum Gasteiger partial charge on any atom is 0.223 e. The van der Waals surface area contributed by atoms with Crippen LogP contribution in [-0.2, 0) is 14.6 Å². The highest BCUT2D eigenvalue weighted by molar-refractivity contribution is 7.91. The topological polar surface area (TPSA) is 67.3 Å².